The zero-order valence-electron chi connectivity index (χ0n) is 20.7. The highest BCUT2D eigenvalue weighted by atomic mass is 35.5. The first kappa shape index (κ1) is 27.8. The second-order valence-corrected chi connectivity index (χ2v) is 9.35. The number of carbonyl (C=O) groups excluding carboxylic acids is 3. The number of rotatable bonds is 9. The maximum atomic E-state index is 13.3. The van der Waals surface area contributed by atoms with E-state index in [9.17, 15) is 14.4 Å². The Morgan fingerprint density at radius 3 is 2.53 bits per heavy atom. The standard InChI is InChI=1S/C25H33Cl2N5O4/c1-4-9-28-24(34)31-13-11-30(12-14-31)16-20-21(23(33)36-6-3)22(29-25(35)32(20)10-5-2)17-7-8-18(26)19(27)15-17/h5,7-8,15,22H,2,4,6,9-14,16H2,1,3H3,(H,28,34)(H,29,35). The minimum atomic E-state index is -0.761. The number of halogens is 2. The van der Waals surface area contributed by atoms with Crippen molar-refractivity contribution in [3.63, 3.8) is 0 Å². The lowest BCUT2D eigenvalue weighted by atomic mass is 9.94. The molecule has 2 N–H and O–H groups in total. The van der Waals surface area contributed by atoms with Gasteiger partial charge in [0.25, 0.3) is 0 Å². The number of benzene rings is 1. The van der Waals surface area contributed by atoms with Crippen LogP contribution in [0.3, 0.4) is 0 Å². The maximum Gasteiger partial charge on any atom is 0.338 e. The number of amides is 4. The summed E-state index contributed by atoms with van der Waals surface area (Å²) in [5.74, 6) is -0.518. The average molecular weight is 538 g/mol. The van der Waals surface area contributed by atoms with Gasteiger partial charge in [-0.05, 0) is 31.0 Å². The Morgan fingerprint density at radius 1 is 1.19 bits per heavy atom. The van der Waals surface area contributed by atoms with Crippen LogP contribution in [0.4, 0.5) is 9.59 Å². The van der Waals surface area contributed by atoms with Crippen LogP contribution < -0.4 is 10.6 Å². The number of hydrogen-bond donors (Lipinski definition) is 2. The molecule has 9 nitrogen and oxygen atoms in total. The number of hydrogen-bond acceptors (Lipinski definition) is 5. The molecule has 0 aliphatic carbocycles. The van der Waals surface area contributed by atoms with Crippen molar-refractivity contribution in [1.29, 1.82) is 0 Å². The highest BCUT2D eigenvalue weighted by molar-refractivity contribution is 6.42. The van der Waals surface area contributed by atoms with Gasteiger partial charge < -0.3 is 20.3 Å². The van der Waals surface area contributed by atoms with Crippen molar-refractivity contribution < 1.29 is 19.1 Å². The molecule has 1 saturated heterocycles. The molecule has 0 bridgehead atoms. The van der Waals surface area contributed by atoms with Crippen molar-refractivity contribution in [3.05, 3.63) is 57.7 Å². The fourth-order valence-electron chi connectivity index (χ4n) is 4.25. The monoisotopic (exact) mass is 537 g/mol. The number of carbonyl (C=O) groups is 3. The summed E-state index contributed by atoms with van der Waals surface area (Å²) in [7, 11) is 0. The lowest BCUT2D eigenvalue weighted by Crippen LogP contribution is -2.55. The lowest BCUT2D eigenvalue weighted by molar-refractivity contribution is -0.139. The number of piperazine rings is 1. The van der Waals surface area contributed by atoms with Crippen molar-refractivity contribution in [2.75, 3.05) is 52.4 Å². The summed E-state index contributed by atoms with van der Waals surface area (Å²) < 4.78 is 5.41. The topological polar surface area (TPSA) is 94.2 Å². The second kappa shape index (κ2) is 13.0. The molecule has 11 heteroatoms. The van der Waals surface area contributed by atoms with Crippen LogP contribution >= 0.6 is 23.2 Å². The Bertz CT molecular complexity index is 1020. The molecule has 196 valence electrons. The Labute approximate surface area is 222 Å². The van der Waals surface area contributed by atoms with Crippen LogP contribution in [-0.2, 0) is 9.53 Å². The Balaban J connectivity index is 1.94. The number of ether oxygens (including phenoxy) is 1. The van der Waals surface area contributed by atoms with E-state index in [4.69, 9.17) is 27.9 Å². The zero-order valence-corrected chi connectivity index (χ0v) is 22.2. The number of esters is 1. The highest BCUT2D eigenvalue weighted by Crippen LogP contribution is 2.35. The van der Waals surface area contributed by atoms with E-state index in [2.05, 4.69) is 22.1 Å². The maximum absolute atomic E-state index is 13.3. The number of nitrogens with zero attached hydrogens (tertiary/aromatic N) is 3. The Hall–Kier alpha value is -2.75. The van der Waals surface area contributed by atoms with Crippen molar-refractivity contribution in [2.24, 2.45) is 0 Å². The molecule has 1 aromatic rings. The molecule has 0 saturated carbocycles. The van der Waals surface area contributed by atoms with Crippen LogP contribution in [-0.4, -0.2) is 85.2 Å². The summed E-state index contributed by atoms with van der Waals surface area (Å²) in [6.45, 7) is 11.2. The van der Waals surface area contributed by atoms with E-state index < -0.39 is 12.0 Å². The van der Waals surface area contributed by atoms with E-state index in [-0.39, 0.29) is 25.2 Å². The molecule has 0 spiro atoms. The lowest BCUT2D eigenvalue weighted by Gasteiger charge is -2.40. The Morgan fingerprint density at radius 2 is 1.92 bits per heavy atom. The van der Waals surface area contributed by atoms with Gasteiger partial charge in [-0.15, -0.1) is 6.58 Å². The fraction of sp³-hybridized carbons (Fsp3) is 0.480. The SMILES string of the molecule is C=CCN1C(=O)NC(c2ccc(Cl)c(Cl)c2)C(C(=O)OCC)=C1CN1CCN(C(=O)NCCC)CC1. The van der Waals surface area contributed by atoms with Gasteiger partial charge in [0, 0.05) is 51.5 Å². The third-order valence-electron chi connectivity index (χ3n) is 6.08. The predicted molar refractivity (Wildman–Crippen MR) is 140 cm³/mol. The normalized spacial score (nSPS) is 18.7. The van der Waals surface area contributed by atoms with Gasteiger partial charge in [-0.3, -0.25) is 9.80 Å². The van der Waals surface area contributed by atoms with Gasteiger partial charge in [0.1, 0.15) is 0 Å². The molecular weight excluding hydrogens is 505 g/mol. The molecule has 1 unspecified atom stereocenters. The van der Waals surface area contributed by atoms with Crippen LogP contribution in [0.2, 0.25) is 10.0 Å². The molecule has 2 heterocycles. The highest BCUT2D eigenvalue weighted by Gasteiger charge is 2.39. The molecule has 1 fully saturated rings. The summed E-state index contributed by atoms with van der Waals surface area (Å²) >= 11 is 12.4. The van der Waals surface area contributed by atoms with Crippen LogP contribution in [0.1, 0.15) is 31.9 Å². The van der Waals surface area contributed by atoms with Gasteiger partial charge in [-0.1, -0.05) is 42.3 Å². The number of nitrogens with one attached hydrogen (secondary N) is 2. The molecule has 36 heavy (non-hydrogen) atoms. The summed E-state index contributed by atoms with van der Waals surface area (Å²) in [5.41, 5.74) is 1.49. The second-order valence-electron chi connectivity index (χ2n) is 8.53. The van der Waals surface area contributed by atoms with E-state index in [1.165, 1.54) is 4.90 Å². The molecule has 3 rings (SSSR count). The molecule has 1 atom stereocenters. The third-order valence-corrected chi connectivity index (χ3v) is 6.82. The quantitative estimate of drug-likeness (QED) is 0.369. The molecule has 2 aliphatic heterocycles. The molecule has 1 aromatic carbocycles. The smallest absolute Gasteiger partial charge is 0.338 e. The average Bonchev–Trinajstić information content (AvgIpc) is 2.86. The fourth-order valence-corrected chi connectivity index (χ4v) is 4.56. The van der Waals surface area contributed by atoms with E-state index in [1.54, 1.807) is 36.1 Å². The van der Waals surface area contributed by atoms with E-state index >= 15 is 0 Å². The van der Waals surface area contributed by atoms with Gasteiger partial charge in [-0.2, -0.15) is 0 Å². The molecular formula is C25H33Cl2N5O4. The van der Waals surface area contributed by atoms with Crippen molar-refractivity contribution in [1.82, 2.24) is 25.3 Å². The summed E-state index contributed by atoms with van der Waals surface area (Å²) in [4.78, 5) is 44.2. The van der Waals surface area contributed by atoms with Gasteiger partial charge in [0.15, 0.2) is 0 Å². The van der Waals surface area contributed by atoms with E-state index in [1.807, 2.05) is 6.92 Å². The van der Waals surface area contributed by atoms with Gasteiger partial charge in [0.2, 0.25) is 0 Å². The first-order chi connectivity index (χ1) is 17.3. The largest absolute Gasteiger partial charge is 0.463 e. The zero-order chi connectivity index (χ0) is 26.2. The van der Waals surface area contributed by atoms with Crippen LogP contribution in [0.15, 0.2) is 42.1 Å². The minimum absolute atomic E-state index is 0.0760. The van der Waals surface area contributed by atoms with Crippen LogP contribution in [0.25, 0.3) is 0 Å². The molecule has 0 radical (unpaired) electrons. The van der Waals surface area contributed by atoms with Gasteiger partial charge in [0.05, 0.1) is 28.3 Å². The van der Waals surface area contributed by atoms with E-state index in [0.717, 1.165) is 6.42 Å². The van der Waals surface area contributed by atoms with Crippen LogP contribution in [0, 0.1) is 0 Å². The van der Waals surface area contributed by atoms with Crippen LogP contribution in [0.5, 0.6) is 0 Å². The van der Waals surface area contributed by atoms with E-state index in [0.29, 0.717) is 66.1 Å². The Kier molecular flexibility index (Phi) is 10.0. The first-order valence-corrected chi connectivity index (χ1v) is 12.8. The molecule has 0 aromatic heterocycles. The van der Waals surface area contributed by atoms with Crippen molar-refractivity contribution >= 4 is 41.2 Å². The predicted octanol–water partition coefficient (Wildman–Crippen LogP) is 3.80. The van der Waals surface area contributed by atoms with Gasteiger partial charge in [-0.25, -0.2) is 14.4 Å². The summed E-state index contributed by atoms with van der Waals surface area (Å²) in [6.07, 6.45) is 2.48. The summed E-state index contributed by atoms with van der Waals surface area (Å²) in [6, 6.07) is 3.81. The first-order valence-electron chi connectivity index (χ1n) is 12.1. The van der Waals surface area contributed by atoms with Crippen molar-refractivity contribution in [2.45, 2.75) is 26.3 Å². The molecule has 4 amide bonds. The molecule has 2 aliphatic rings. The summed E-state index contributed by atoms with van der Waals surface area (Å²) in [5, 5.41) is 6.51. The van der Waals surface area contributed by atoms with Gasteiger partial charge >= 0.3 is 18.0 Å². The third kappa shape index (κ3) is 6.52. The number of urea groups is 2. The van der Waals surface area contributed by atoms with Crippen molar-refractivity contribution in [3.8, 4) is 0 Å². The minimum Gasteiger partial charge on any atom is -0.463 e.